The first-order valence-electron chi connectivity index (χ1n) is 10.8. The van der Waals surface area contributed by atoms with E-state index in [1.807, 2.05) is 18.2 Å². The normalized spacial score (nSPS) is 16.2. The molecular formula is C24H26N4O4. The van der Waals surface area contributed by atoms with Gasteiger partial charge in [0.2, 0.25) is 0 Å². The van der Waals surface area contributed by atoms with E-state index in [0.717, 1.165) is 50.0 Å². The van der Waals surface area contributed by atoms with Crippen molar-refractivity contribution in [2.24, 2.45) is 0 Å². The smallest absolute Gasteiger partial charge is 0.338 e. The van der Waals surface area contributed by atoms with Crippen molar-refractivity contribution >= 4 is 11.9 Å². The minimum atomic E-state index is -0.253. The molecule has 0 unspecified atom stereocenters. The number of cyclic esters (lactones) is 1. The number of aromatic nitrogens is 1. The van der Waals surface area contributed by atoms with Gasteiger partial charge in [0.05, 0.1) is 12.7 Å². The largest absolute Gasteiger partial charge is 0.495 e. The standard InChI is InChI=1S/C24H26N4O4/c1-15-16(3-4-19-20(15)14-32-24(19)30)5-8-28-9-6-18(7-10-28)27-23(29)21-11-22(31-2)17(12-25)13-26-21/h3-4,11,13,18H,5-10,14H2,1-2H3,(H,27,29). The monoisotopic (exact) mass is 434 g/mol. The van der Waals surface area contributed by atoms with Crippen LogP contribution >= 0.6 is 0 Å². The number of carbonyl (C=O) groups is 2. The van der Waals surface area contributed by atoms with Crippen LogP contribution in [-0.2, 0) is 17.8 Å². The van der Waals surface area contributed by atoms with E-state index in [4.69, 9.17) is 14.7 Å². The average Bonchev–Trinajstić information content (AvgIpc) is 3.20. The lowest BCUT2D eigenvalue weighted by atomic mass is 9.96. The van der Waals surface area contributed by atoms with Gasteiger partial charge in [-0.25, -0.2) is 9.78 Å². The van der Waals surface area contributed by atoms with Gasteiger partial charge in [-0.1, -0.05) is 6.07 Å². The Kier molecular flexibility index (Phi) is 6.37. The summed E-state index contributed by atoms with van der Waals surface area (Å²) >= 11 is 0. The number of carbonyl (C=O) groups excluding carboxylic acids is 2. The highest BCUT2D eigenvalue weighted by molar-refractivity contribution is 5.94. The van der Waals surface area contributed by atoms with Crippen molar-refractivity contribution in [3.05, 3.63) is 57.9 Å². The molecule has 1 N–H and O–H groups in total. The minimum absolute atomic E-state index is 0.0899. The van der Waals surface area contributed by atoms with Crippen molar-refractivity contribution in [1.82, 2.24) is 15.2 Å². The molecule has 1 aromatic carbocycles. The predicted molar refractivity (Wildman–Crippen MR) is 116 cm³/mol. The third kappa shape index (κ3) is 4.43. The summed E-state index contributed by atoms with van der Waals surface area (Å²) in [6.45, 7) is 5.17. The minimum Gasteiger partial charge on any atom is -0.495 e. The molecule has 0 atom stereocenters. The van der Waals surface area contributed by atoms with Gasteiger partial charge in [0.1, 0.15) is 29.7 Å². The molecule has 0 radical (unpaired) electrons. The molecule has 2 aliphatic rings. The number of pyridine rings is 1. The number of nitrogens with zero attached hydrogens (tertiary/aromatic N) is 3. The van der Waals surface area contributed by atoms with Crippen LogP contribution in [0.5, 0.6) is 5.75 Å². The van der Waals surface area contributed by atoms with Crippen LogP contribution < -0.4 is 10.1 Å². The lowest BCUT2D eigenvalue weighted by Gasteiger charge is -2.32. The molecule has 1 saturated heterocycles. The number of fused-ring (bicyclic) bond motifs is 1. The third-order valence-electron chi connectivity index (χ3n) is 6.34. The number of esters is 1. The van der Waals surface area contributed by atoms with Crippen LogP contribution in [0.1, 0.15) is 55.9 Å². The second-order valence-corrected chi connectivity index (χ2v) is 8.17. The summed E-state index contributed by atoms with van der Waals surface area (Å²) in [6, 6.07) is 7.49. The van der Waals surface area contributed by atoms with E-state index in [2.05, 4.69) is 22.1 Å². The number of nitriles is 1. The summed E-state index contributed by atoms with van der Waals surface area (Å²) < 4.78 is 10.3. The number of methoxy groups -OCH3 is 1. The highest BCUT2D eigenvalue weighted by atomic mass is 16.5. The Labute approximate surface area is 187 Å². The summed E-state index contributed by atoms with van der Waals surface area (Å²) in [4.78, 5) is 30.8. The quantitative estimate of drug-likeness (QED) is 0.696. The molecule has 1 fully saturated rings. The second-order valence-electron chi connectivity index (χ2n) is 8.17. The van der Waals surface area contributed by atoms with Crippen LogP contribution in [0.2, 0.25) is 0 Å². The lowest BCUT2D eigenvalue weighted by molar-refractivity contribution is 0.0534. The molecule has 32 heavy (non-hydrogen) atoms. The summed E-state index contributed by atoms with van der Waals surface area (Å²) in [7, 11) is 1.46. The van der Waals surface area contributed by atoms with Crippen LogP contribution in [0.15, 0.2) is 24.4 Å². The number of piperidine rings is 1. The topological polar surface area (TPSA) is 105 Å². The fourth-order valence-corrected chi connectivity index (χ4v) is 4.32. The highest BCUT2D eigenvalue weighted by Gasteiger charge is 2.25. The van der Waals surface area contributed by atoms with Crippen LogP contribution in [-0.4, -0.2) is 54.5 Å². The van der Waals surface area contributed by atoms with E-state index in [-0.39, 0.29) is 23.6 Å². The van der Waals surface area contributed by atoms with E-state index in [0.29, 0.717) is 23.5 Å². The molecule has 8 nitrogen and oxygen atoms in total. The Morgan fingerprint density at radius 2 is 2.16 bits per heavy atom. The van der Waals surface area contributed by atoms with Gasteiger partial charge in [0.15, 0.2) is 0 Å². The number of amides is 1. The predicted octanol–water partition coefficient (Wildman–Crippen LogP) is 2.38. The first-order chi connectivity index (χ1) is 15.5. The van der Waals surface area contributed by atoms with Gasteiger partial charge in [0.25, 0.3) is 5.91 Å². The summed E-state index contributed by atoms with van der Waals surface area (Å²) in [5.74, 6) is -0.134. The van der Waals surface area contributed by atoms with Crippen molar-refractivity contribution in [2.45, 2.75) is 38.8 Å². The summed E-state index contributed by atoms with van der Waals surface area (Å²) in [6.07, 6.45) is 4.01. The molecule has 1 amide bonds. The Bertz CT molecular complexity index is 1080. The molecule has 4 rings (SSSR count). The number of nitrogens with one attached hydrogen (secondary N) is 1. The van der Waals surface area contributed by atoms with Crippen LogP contribution in [0.25, 0.3) is 0 Å². The van der Waals surface area contributed by atoms with E-state index in [9.17, 15) is 9.59 Å². The summed E-state index contributed by atoms with van der Waals surface area (Å²) in [5, 5.41) is 12.1. The van der Waals surface area contributed by atoms with Gasteiger partial charge in [-0.2, -0.15) is 5.26 Å². The van der Waals surface area contributed by atoms with Crippen molar-refractivity contribution in [3.63, 3.8) is 0 Å². The van der Waals surface area contributed by atoms with Crippen molar-refractivity contribution in [1.29, 1.82) is 5.26 Å². The molecule has 0 aliphatic carbocycles. The van der Waals surface area contributed by atoms with E-state index in [1.54, 1.807) is 0 Å². The van der Waals surface area contributed by atoms with E-state index in [1.165, 1.54) is 24.9 Å². The maximum atomic E-state index is 12.6. The maximum Gasteiger partial charge on any atom is 0.338 e. The number of hydrogen-bond donors (Lipinski definition) is 1. The zero-order chi connectivity index (χ0) is 22.7. The maximum absolute atomic E-state index is 12.6. The first kappa shape index (κ1) is 21.8. The Hall–Kier alpha value is -3.44. The van der Waals surface area contributed by atoms with Gasteiger partial charge in [-0.15, -0.1) is 0 Å². The SMILES string of the molecule is COc1cc(C(=O)NC2CCN(CCc3ccc4c(c3C)COC4=O)CC2)ncc1C#N. The number of benzene rings is 1. The lowest BCUT2D eigenvalue weighted by Crippen LogP contribution is -2.45. The van der Waals surface area contributed by atoms with Gasteiger partial charge in [-0.3, -0.25) is 4.79 Å². The molecular weight excluding hydrogens is 408 g/mol. The fraction of sp³-hybridized carbons (Fsp3) is 0.417. The number of hydrogen-bond acceptors (Lipinski definition) is 7. The van der Waals surface area contributed by atoms with Crippen molar-refractivity contribution in [3.8, 4) is 11.8 Å². The molecule has 1 aromatic heterocycles. The van der Waals surface area contributed by atoms with Gasteiger partial charge in [-0.05, 0) is 43.4 Å². The fourth-order valence-electron chi connectivity index (χ4n) is 4.32. The highest BCUT2D eigenvalue weighted by Crippen LogP contribution is 2.26. The van der Waals surface area contributed by atoms with Crippen molar-refractivity contribution in [2.75, 3.05) is 26.7 Å². The van der Waals surface area contributed by atoms with Gasteiger partial charge in [0, 0.05) is 43.5 Å². The Morgan fingerprint density at radius 3 is 2.88 bits per heavy atom. The Morgan fingerprint density at radius 1 is 1.38 bits per heavy atom. The molecule has 2 aromatic rings. The third-order valence-corrected chi connectivity index (χ3v) is 6.34. The van der Waals surface area contributed by atoms with Crippen LogP contribution in [0, 0.1) is 18.3 Å². The van der Waals surface area contributed by atoms with Gasteiger partial charge < -0.3 is 19.7 Å². The summed E-state index contributed by atoms with van der Waals surface area (Å²) in [5.41, 5.74) is 4.66. The zero-order valence-electron chi connectivity index (χ0n) is 18.3. The zero-order valence-corrected chi connectivity index (χ0v) is 18.3. The molecule has 8 heteroatoms. The molecule has 2 aliphatic heterocycles. The first-order valence-corrected chi connectivity index (χ1v) is 10.8. The molecule has 0 bridgehead atoms. The molecule has 0 saturated carbocycles. The molecule has 3 heterocycles. The second kappa shape index (κ2) is 9.37. The Balaban J connectivity index is 1.27. The number of likely N-dealkylation sites (tertiary alicyclic amines) is 1. The molecule has 166 valence electrons. The van der Waals surface area contributed by atoms with Crippen molar-refractivity contribution < 1.29 is 19.1 Å². The van der Waals surface area contributed by atoms with Gasteiger partial charge >= 0.3 is 5.97 Å². The molecule has 0 spiro atoms. The van der Waals surface area contributed by atoms with Crippen LogP contribution in [0.3, 0.4) is 0 Å². The number of rotatable bonds is 6. The number of ether oxygens (including phenoxy) is 2. The average molecular weight is 434 g/mol. The van der Waals surface area contributed by atoms with E-state index >= 15 is 0 Å². The van der Waals surface area contributed by atoms with E-state index < -0.39 is 0 Å². The van der Waals surface area contributed by atoms with Crippen LogP contribution in [0.4, 0.5) is 0 Å².